The summed E-state index contributed by atoms with van der Waals surface area (Å²) in [5, 5.41) is 3.70. The van der Waals surface area contributed by atoms with Crippen molar-refractivity contribution in [1.29, 1.82) is 0 Å². The van der Waals surface area contributed by atoms with Gasteiger partial charge in [0.15, 0.2) is 0 Å². The van der Waals surface area contributed by atoms with Crippen LogP contribution in [0.25, 0.3) is 0 Å². The molecule has 118 valence electrons. The predicted molar refractivity (Wildman–Crippen MR) is 89.0 cm³/mol. The van der Waals surface area contributed by atoms with Crippen LogP contribution in [-0.2, 0) is 6.42 Å². The average molecular weight is 290 g/mol. The third-order valence-electron chi connectivity index (χ3n) is 4.17. The van der Waals surface area contributed by atoms with Gasteiger partial charge in [0.2, 0.25) is 0 Å². The highest BCUT2D eigenvalue weighted by molar-refractivity contribution is 5.28. The number of ether oxygens (including phenoxy) is 1. The van der Waals surface area contributed by atoms with Crippen molar-refractivity contribution in [3.63, 3.8) is 0 Å². The van der Waals surface area contributed by atoms with E-state index in [1.165, 1.54) is 31.5 Å². The lowest BCUT2D eigenvalue weighted by Gasteiger charge is -2.25. The lowest BCUT2D eigenvalue weighted by Crippen LogP contribution is -2.39. The molecule has 1 aromatic carbocycles. The molecule has 1 atom stereocenters. The van der Waals surface area contributed by atoms with Crippen molar-refractivity contribution in [2.45, 2.75) is 39.2 Å². The quantitative estimate of drug-likeness (QED) is 0.872. The molecule has 1 aliphatic rings. The normalized spacial score (nSPS) is 20.5. The van der Waals surface area contributed by atoms with Gasteiger partial charge in [-0.15, -0.1) is 0 Å². The van der Waals surface area contributed by atoms with Crippen LogP contribution in [0.2, 0.25) is 0 Å². The third-order valence-corrected chi connectivity index (χ3v) is 4.17. The fourth-order valence-corrected chi connectivity index (χ4v) is 3.12. The molecule has 1 saturated heterocycles. The van der Waals surface area contributed by atoms with Gasteiger partial charge in [0.05, 0.1) is 7.11 Å². The zero-order valence-electron chi connectivity index (χ0n) is 13.8. The Bertz CT molecular complexity index is 419. The molecule has 0 saturated carbocycles. The van der Waals surface area contributed by atoms with Crippen LogP contribution in [-0.4, -0.2) is 44.2 Å². The molecular weight excluding hydrogens is 260 g/mol. The highest BCUT2D eigenvalue weighted by atomic mass is 16.5. The van der Waals surface area contributed by atoms with Crippen LogP contribution in [0.5, 0.6) is 5.75 Å². The summed E-state index contributed by atoms with van der Waals surface area (Å²) in [6, 6.07) is 9.10. The van der Waals surface area contributed by atoms with Crippen LogP contribution >= 0.6 is 0 Å². The number of rotatable bonds is 6. The number of hydrogen-bond acceptors (Lipinski definition) is 3. The Morgan fingerprint density at radius 2 is 2.24 bits per heavy atom. The summed E-state index contributed by atoms with van der Waals surface area (Å²) in [6.45, 7) is 9.32. The largest absolute Gasteiger partial charge is 0.497 e. The summed E-state index contributed by atoms with van der Waals surface area (Å²) in [7, 11) is 1.73. The molecule has 1 unspecified atom stereocenters. The Hall–Kier alpha value is -1.06. The molecule has 1 N–H and O–H groups in total. The number of methoxy groups -OCH3 is 1. The van der Waals surface area contributed by atoms with Gasteiger partial charge in [-0.25, -0.2) is 0 Å². The first-order valence-electron chi connectivity index (χ1n) is 8.26. The van der Waals surface area contributed by atoms with Crippen molar-refractivity contribution in [2.75, 3.05) is 33.3 Å². The van der Waals surface area contributed by atoms with E-state index in [0.29, 0.717) is 6.04 Å². The molecule has 3 nitrogen and oxygen atoms in total. The van der Waals surface area contributed by atoms with E-state index >= 15 is 0 Å². The maximum Gasteiger partial charge on any atom is 0.119 e. The summed E-state index contributed by atoms with van der Waals surface area (Å²) in [4.78, 5) is 2.62. The monoisotopic (exact) mass is 290 g/mol. The molecule has 3 heteroatoms. The molecule has 1 aromatic rings. The number of nitrogens with one attached hydrogen (secondary N) is 1. The molecule has 2 rings (SSSR count). The molecule has 0 radical (unpaired) electrons. The topological polar surface area (TPSA) is 24.5 Å². The van der Waals surface area contributed by atoms with Crippen LogP contribution in [0.15, 0.2) is 24.3 Å². The van der Waals surface area contributed by atoms with Crippen molar-refractivity contribution >= 4 is 0 Å². The van der Waals surface area contributed by atoms with E-state index in [9.17, 15) is 0 Å². The molecule has 0 aromatic heterocycles. The van der Waals surface area contributed by atoms with E-state index in [0.717, 1.165) is 31.2 Å². The number of hydrogen-bond donors (Lipinski definition) is 1. The Labute approximate surface area is 129 Å². The average Bonchev–Trinajstić information content (AvgIpc) is 2.70. The number of nitrogens with zero attached hydrogens (tertiary/aromatic N) is 1. The number of benzene rings is 1. The Balaban J connectivity index is 1.85. The summed E-state index contributed by atoms with van der Waals surface area (Å²) in [6.07, 6.45) is 3.63. The Kier molecular flexibility index (Phi) is 6.52. The van der Waals surface area contributed by atoms with E-state index in [1.54, 1.807) is 7.11 Å². The first kappa shape index (κ1) is 16.3. The molecule has 0 bridgehead atoms. The van der Waals surface area contributed by atoms with E-state index < -0.39 is 0 Å². The van der Waals surface area contributed by atoms with Gasteiger partial charge in [0, 0.05) is 19.1 Å². The van der Waals surface area contributed by atoms with Gasteiger partial charge in [-0.05, 0) is 56.0 Å². The highest BCUT2D eigenvalue weighted by Gasteiger charge is 2.18. The molecule has 0 amide bonds. The van der Waals surface area contributed by atoms with E-state index in [4.69, 9.17) is 4.74 Å². The molecule has 1 heterocycles. The van der Waals surface area contributed by atoms with Crippen molar-refractivity contribution in [2.24, 2.45) is 5.92 Å². The van der Waals surface area contributed by atoms with Gasteiger partial charge in [-0.2, -0.15) is 0 Å². The minimum Gasteiger partial charge on any atom is -0.497 e. The third kappa shape index (κ3) is 5.68. The molecule has 21 heavy (non-hydrogen) atoms. The maximum absolute atomic E-state index is 5.30. The van der Waals surface area contributed by atoms with E-state index in [2.05, 4.69) is 42.3 Å². The molecular formula is C18H30N2O. The van der Waals surface area contributed by atoms with Gasteiger partial charge >= 0.3 is 0 Å². The SMILES string of the molecule is COc1cccc(CCN2CCCNC(CC(C)C)C2)c1. The minimum atomic E-state index is 0.651. The van der Waals surface area contributed by atoms with Crippen LogP contribution in [0.3, 0.4) is 0 Å². The first-order valence-corrected chi connectivity index (χ1v) is 8.26. The second-order valence-corrected chi connectivity index (χ2v) is 6.54. The Morgan fingerprint density at radius 1 is 1.38 bits per heavy atom. The molecule has 0 aliphatic carbocycles. The minimum absolute atomic E-state index is 0.651. The van der Waals surface area contributed by atoms with Crippen LogP contribution < -0.4 is 10.1 Å². The van der Waals surface area contributed by atoms with E-state index in [1.807, 2.05) is 6.07 Å². The van der Waals surface area contributed by atoms with Gasteiger partial charge < -0.3 is 15.0 Å². The van der Waals surface area contributed by atoms with Crippen molar-refractivity contribution in [3.05, 3.63) is 29.8 Å². The smallest absolute Gasteiger partial charge is 0.119 e. The van der Waals surface area contributed by atoms with Crippen LogP contribution in [0.4, 0.5) is 0 Å². The van der Waals surface area contributed by atoms with Crippen LogP contribution in [0, 0.1) is 5.92 Å². The maximum atomic E-state index is 5.30. The van der Waals surface area contributed by atoms with E-state index in [-0.39, 0.29) is 0 Å². The fourth-order valence-electron chi connectivity index (χ4n) is 3.12. The lowest BCUT2D eigenvalue weighted by molar-refractivity contribution is 0.258. The zero-order chi connectivity index (χ0) is 15.1. The zero-order valence-corrected chi connectivity index (χ0v) is 13.8. The van der Waals surface area contributed by atoms with Crippen molar-refractivity contribution in [3.8, 4) is 5.75 Å². The predicted octanol–water partition coefficient (Wildman–Crippen LogP) is 2.95. The highest BCUT2D eigenvalue weighted by Crippen LogP contribution is 2.14. The standard InChI is InChI=1S/C18H30N2O/c1-15(2)12-17-14-20(10-5-9-19-17)11-8-16-6-4-7-18(13-16)21-3/h4,6-7,13,15,17,19H,5,8-12,14H2,1-3H3. The second kappa shape index (κ2) is 8.40. The van der Waals surface area contributed by atoms with Gasteiger partial charge in [-0.1, -0.05) is 26.0 Å². The Morgan fingerprint density at radius 3 is 3.00 bits per heavy atom. The van der Waals surface area contributed by atoms with Crippen molar-refractivity contribution < 1.29 is 4.74 Å². The van der Waals surface area contributed by atoms with Gasteiger partial charge in [0.25, 0.3) is 0 Å². The summed E-state index contributed by atoms with van der Waals surface area (Å²) >= 11 is 0. The summed E-state index contributed by atoms with van der Waals surface area (Å²) in [5.41, 5.74) is 1.37. The van der Waals surface area contributed by atoms with Gasteiger partial charge in [-0.3, -0.25) is 0 Å². The summed E-state index contributed by atoms with van der Waals surface area (Å²) < 4.78 is 5.30. The summed E-state index contributed by atoms with van der Waals surface area (Å²) in [5.74, 6) is 1.73. The van der Waals surface area contributed by atoms with Crippen molar-refractivity contribution in [1.82, 2.24) is 10.2 Å². The molecule has 0 spiro atoms. The molecule has 1 fully saturated rings. The van der Waals surface area contributed by atoms with Crippen LogP contribution in [0.1, 0.15) is 32.3 Å². The fraction of sp³-hybridized carbons (Fsp3) is 0.667. The van der Waals surface area contributed by atoms with Gasteiger partial charge in [0.1, 0.15) is 5.75 Å². The molecule has 1 aliphatic heterocycles. The first-order chi connectivity index (χ1) is 10.2. The lowest BCUT2D eigenvalue weighted by atomic mass is 10.0. The second-order valence-electron chi connectivity index (χ2n) is 6.54.